The molecule has 2 N–H and O–H groups in total. The molecule has 1 heterocycles. The number of carbonyl (C=O) groups is 1. The molecule has 1 amide bonds. The Hall–Kier alpha value is -2.95. The summed E-state index contributed by atoms with van der Waals surface area (Å²) in [6, 6.07) is 14.2. The van der Waals surface area contributed by atoms with E-state index in [0.717, 1.165) is 27.8 Å². The molecule has 0 saturated heterocycles. The summed E-state index contributed by atoms with van der Waals surface area (Å²) in [5.74, 6) is 1.81. The van der Waals surface area contributed by atoms with E-state index < -0.39 is 0 Å². The highest BCUT2D eigenvalue weighted by molar-refractivity contribution is 5.84. The maximum absolute atomic E-state index is 12.3. The third-order valence-corrected chi connectivity index (χ3v) is 4.98. The number of methoxy groups -OCH3 is 1. The van der Waals surface area contributed by atoms with Crippen LogP contribution in [0, 0.1) is 5.92 Å². The standard InChI is InChI=1S/C24H30N2O3/c1-5-29-22-11-10-17(13-23(22)28-4)19(14-26-24(27)12-16(2)3)20-15-25-21-9-7-6-8-18(20)21/h6-11,13,15-16,19,25H,5,12,14H2,1-4H3,(H,26,27)/t19-/m0/s1. The van der Waals surface area contributed by atoms with E-state index in [-0.39, 0.29) is 11.8 Å². The molecule has 5 nitrogen and oxygen atoms in total. The van der Waals surface area contributed by atoms with E-state index in [4.69, 9.17) is 9.47 Å². The minimum absolute atomic E-state index is 0.00756. The van der Waals surface area contributed by atoms with Crippen molar-refractivity contribution in [2.24, 2.45) is 5.92 Å². The van der Waals surface area contributed by atoms with Crippen molar-refractivity contribution in [1.29, 1.82) is 0 Å². The molecular formula is C24H30N2O3. The summed E-state index contributed by atoms with van der Waals surface area (Å²) in [7, 11) is 1.65. The van der Waals surface area contributed by atoms with Gasteiger partial charge in [0.2, 0.25) is 5.91 Å². The molecule has 1 aromatic heterocycles. The van der Waals surface area contributed by atoms with Crippen LogP contribution in [0.2, 0.25) is 0 Å². The Morgan fingerprint density at radius 3 is 2.66 bits per heavy atom. The molecule has 0 aliphatic heterocycles. The topological polar surface area (TPSA) is 63.3 Å². The number of benzene rings is 2. The Kier molecular flexibility index (Phi) is 6.81. The van der Waals surface area contributed by atoms with Crippen molar-refractivity contribution in [3.8, 4) is 11.5 Å². The number of para-hydroxylation sites is 1. The zero-order valence-electron chi connectivity index (χ0n) is 17.6. The zero-order valence-corrected chi connectivity index (χ0v) is 17.6. The van der Waals surface area contributed by atoms with Crippen molar-refractivity contribution < 1.29 is 14.3 Å². The number of ether oxygens (including phenoxy) is 2. The highest BCUT2D eigenvalue weighted by Crippen LogP contribution is 2.35. The highest BCUT2D eigenvalue weighted by atomic mass is 16.5. The van der Waals surface area contributed by atoms with Crippen molar-refractivity contribution in [2.45, 2.75) is 33.1 Å². The van der Waals surface area contributed by atoms with Gasteiger partial charge in [-0.2, -0.15) is 0 Å². The highest BCUT2D eigenvalue weighted by Gasteiger charge is 2.21. The maximum atomic E-state index is 12.3. The Morgan fingerprint density at radius 2 is 1.93 bits per heavy atom. The summed E-state index contributed by atoms with van der Waals surface area (Å²) >= 11 is 0. The number of aromatic amines is 1. The van der Waals surface area contributed by atoms with E-state index in [1.807, 2.05) is 51.2 Å². The predicted molar refractivity (Wildman–Crippen MR) is 117 cm³/mol. The Morgan fingerprint density at radius 1 is 1.14 bits per heavy atom. The molecule has 29 heavy (non-hydrogen) atoms. The average molecular weight is 395 g/mol. The van der Waals surface area contributed by atoms with Gasteiger partial charge >= 0.3 is 0 Å². The Labute approximate surface area is 172 Å². The molecule has 0 aliphatic rings. The van der Waals surface area contributed by atoms with E-state index in [0.29, 0.717) is 31.2 Å². The van der Waals surface area contributed by atoms with Crippen molar-refractivity contribution in [1.82, 2.24) is 10.3 Å². The van der Waals surface area contributed by atoms with Crippen LogP contribution in [0.4, 0.5) is 0 Å². The molecule has 5 heteroatoms. The minimum Gasteiger partial charge on any atom is -0.493 e. The maximum Gasteiger partial charge on any atom is 0.220 e. The Balaban J connectivity index is 1.97. The molecule has 154 valence electrons. The molecule has 3 rings (SSSR count). The number of fused-ring (bicyclic) bond motifs is 1. The molecule has 0 spiro atoms. The van der Waals surface area contributed by atoms with Crippen molar-refractivity contribution in [2.75, 3.05) is 20.3 Å². The van der Waals surface area contributed by atoms with Crippen LogP contribution < -0.4 is 14.8 Å². The van der Waals surface area contributed by atoms with Gasteiger partial charge in [0.25, 0.3) is 0 Å². The number of H-pyrrole nitrogens is 1. The third-order valence-electron chi connectivity index (χ3n) is 4.98. The van der Waals surface area contributed by atoms with Crippen LogP contribution in [0.5, 0.6) is 11.5 Å². The largest absolute Gasteiger partial charge is 0.493 e. The number of hydrogen-bond donors (Lipinski definition) is 2. The van der Waals surface area contributed by atoms with Crippen molar-refractivity contribution in [3.63, 3.8) is 0 Å². The van der Waals surface area contributed by atoms with Crippen LogP contribution >= 0.6 is 0 Å². The molecule has 0 fully saturated rings. The molecular weight excluding hydrogens is 364 g/mol. The van der Waals surface area contributed by atoms with Gasteiger partial charge in [0.15, 0.2) is 11.5 Å². The smallest absolute Gasteiger partial charge is 0.220 e. The van der Waals surface area contributed by atoms with Crippen LogP contribution in [0.1, 0.15) is 44.2 Å². The van der Waals surface area contributed by atoms with Crippen LogP contribution in [-0.4, -0.2) is 31.2 Å². The number of hydrogen-bond acceptors (Lipinski definition) is 3. The summed E-state index contributed by atoms with van der Waals surface area (Å²) in [6.45, 7) is 7.14. The predicted octanol–water partition coefficient (Wildman–Crippen LogP) is 4.87. The second kappa shape index (κ2) is 9.50. The van der Waals surface area contributed by atoms with Crippen molar-refractivity contribution in [3.05, 3.63) is 59.8 Å². The Bertz CT molecular complexity index is 962. The van der Waals surface area contributed by atoms with E-state index in [1.165, 1.54) is 0 Å². The summed E-state index contributed by atoms with van der Waals surface area (Å²) in [4.78, 5) is 15.7. The second-order valence-corrected chi connectivity index (χ2v) is 7.59. The fraction of sp³-hybridized carbons (Fsp3) is 0.375. The normalized spacial score (nSPS) is 12.2. The molecule has 0 radical (unpaired) electrons. The number of nitrogens with one attached hydrogen (secondary N) is 2. The lowest BCUT2D eigenvalue weighted by molar-refractivity contribution is -0.121. The monoisotopic (exact) mass is 394 g/mol. The molecule has 0 bridgehead atoms. The van der Waals surface area contributed by atoms with Crippen LogP contribution in [0.25, 0.3) is 10.9 Å². The van der Waals surface area contributed by atoms with E-state index in [9.17, 15) is 4.79 Å². The number of carbonyl (C=O) groups excluding carboxylic acids is 1. The van der Waals surface area contributed by atoms with Crippen LogP contribution in [0.3, 0.4) is 0 Å². The SMILES string of the molecule is CCOc1ccc([C@H](CNC(=O)CC(C)C)c2c[nH]c3ccccc23)cc1OC. The van der Waals surface area contributed by atoms with E-state index >= 15 is 0 Å². The lowest BCUT2D eigenvalue weighted by atomic mass is 9.90. The summed E-state index contributed by atoms with van der Waals surface area (Å²) < 4.78 is 11.2. The lowest BCUT2D eigenvalue weighted by Gasteiger charge is -2.20. The van der Waals surface area contributed by atoms with Gasteiger partial charge in [0.05, 0.1) is 13.7 Å². The van der Waals surface area contributed by atoms with Gasteiger partial charge in [0.1, 0.15) is 0 Å². The first-order chi connectivity index (χ1) is 14.0. The first-order valence-corrected chi connectivity index (χ1v) is 10.2. The first kappa shape index (κ1) is 20.8. The van der Waals surface area contributed by atoms with E-state index in [1.54, 1.807) is 7.11 Å². The zero-order chi connectivity index (χ0) is 20.8. The number of aromatic nitrogens is 1. The van der Waals surface area contributed by atoms with Gasteiger partial charge in [-0.05, 0) is 42.2 Å². The number of amides is 1. The van der Waals surface area contributed by atoms with Crippen LogP contribution in [0.15, 0.2) is 48.7 Å². The molecule has 2 aromatic carbocycles. The minimum atomic E-state index is -0.00756. The van der Waals surface area contributed by atoms with Gasteiger partial charge in [0, 0.05) is 36.0 Å². The fourth-order valence-corrected chi connectivity index (χ4v) is 3.62. The summed E-state index contributed by atoms with van der Waals surface area (Å²) in [5.41, 5.74) is 3.30. The summed E-state index contributed by atoms with van der Waals surface area (Å²) in [6.07, 6.45) is 2.56. The molecule has 0 aliphatic carbocycles. The van der Waals surface area contributed by atoms with E-state index in [2.05, 4.69) is 28.5 Å². The van der Waals surface area contributed by atoms with Gasteiger partial charge in [-0.3, -0.25) is 4.79 Å². The van der Waals surface area contributed by atoms with Crippen LogP contribution in [-0.2, 0) is 4.79 Å². The lowest BCUT2D eigenvalue weighted by Crippen LogP contribution is -2.29. The number of rotatable bonds is 9. The molecule has 1 atom stereocenters. The molecule has 3 aromatic rings. The van der Waals surface area contributed by atoms with Gasteiger partial charge in [-0.15, -0.1) is 0 Å². The van der Waals surface area contributed by atoms with Gasteiger partial charge < -0.3 is 19.8 Å². The third kappa shape index (κ3) is 4.91. The first-order valence-electron chi connectivity index (χ1n) is 10.2. The van der Waals surface area contributed by atoms with Crippen molar-refractivity contribution >= 4 is 16.8 Å². The average Bonchev–Trinajstić information content (AvgIpc) is 3.13. The van der Waals surface area contributed by atoms with Gasteiger partial charge in [-0.1, -0.05) is 38.1 Å². The molecule has 0 saturated carbocycles. The summed E-state index contributed by atoms with van der Waals surface area (Å²) in [5, 5.41) is 4.27. The second-order valence-electron chi connectivity index (χ2n) is 7.59. The molecule has 0 unspecified atom stereocenters. The fourth-order valence-electron chi connectivity index (χ4n) is 3.62. The van der Waals surface area contributed by atoms with Gasteiger partial charge in [-0.25, -0.2) is 0 Å². The quantitative estimate of drug-likeness (QED) is 0.544.